The van der Waals surface area contributed by atoms with Crippen LogP contribution in [-0.2, 0) is 0 Å². The number of fused-ring (bicyclic) bond motifs is 6. The summed E-state index contributed by atoms with van der Waals surface area (Å²) in [6.07, 6.45) is 0. The number of nitrogens with zero attached hydrogens (tertiary/aromatic N) is 3. The molecule has 0 saturated heterocycles. The molecule has 254 valence electrons. The molecule has 0 amide bonds. The fourth-order valence-corrected chi connectivity index (χ4v) is 8.04. The predicted molar refractivity (Wildman–Crippen MR) is 216 cm³/mol. The van der Waals surface area contributed by atoms with Gasteiger partial charge in [0.25, 0.3) is 0 Å². The lowest BCUT2D eigenvalue weighted by molar-refractivity contribution is 0.603. The monoisotopic (exact) mass is 697 g/mol. The van der Waals surface area contributed by atoms with Crippen molar-refractivity contribution in [3.05, 3.63) is 193 Å². The Morgan fingerprint density at radius 2 is 0.852 bits per heavy atom. The molecular formula is C49H29F2N3. The number of hydrogen-bond donors (Lipinski definition) is 0. The molecular weight excluding hydrogens is 669 g/mol. The summed E-state index contributed by atoms with van der Waals surface area (Å²) in [5, 5.41) is 15.3. The van der Waals surface area contributed by atoms with Gasteiger partial charge in [0.05, 0.1) is 33.4 Å². The molecule has 0 aliphatic carbocycles. The molecule has 0 saturated carbocycles. The highest BCUT2D eigenvalue weighted by Crippen LogP contribution is 2.42. The number of nitriles is 1. The summed E-state index contributed by atoms with van der Waals surface area (Å²) in [6, 6.07) is 59.1. The fourth-order valence-electron chi connectivity index (χ4n) is 8.04. The Balaban J connectivity index is 1.32. The first-order valence-electron chi connectivity index (χ1n) is 17.8. The van der Waals surface area contributed by atoms with Crippen LogP contribution in [0.1, 0.15) is 5.56 Å². The molecule has 3 nitrogen and oxygen atoms in total. The van der Waals surface area contributed by atoms with Crippen molar-refractivity contribution in [3.8, 4) is 50.8 Å². The topological polar surface area (TPSA) is 33.6 Å². The van der Waals surface area contributed by atoms with Crippen LogP contribution in [0.5, 0.6) is 0 Å². The summed E-state index contributed by atoms with van der Waals surface area (Å²) in [4.78, 5) is 0. The highest BCUT2D eigenvalue weighted by atomic mass is 19.1. The molecule has 0 aliphatic rings. The highest BCUT2D eigenvalue weighted by molar-refractivity contribution is 6.12. The SMILES string of the molecule is N#Cc1c(-n2c3ccccc3c3cc(-c4ccccc4)ccc32)cc(-c2cc(F)ccc2F)cc1-n1c2ccccc2c2cc(-c3ccccc3)ccc21. The van der Waals surface area contributed by atoms with Crippen molar-refractivity contribution >= 4 is 43.6 Å². The van der Waals surface area contributed by atoms with Crippen LogP contribution >= 0.6 is 0 Å². The Hall–Kier alpha value is -7.29. The number of para-hydroxylation sites is 2. The van der Waals surface area contributed by atoms with Gasteiger partial charge in [-0.25, -0.2) is 8.78 Å². The second-order valence-electron chi connectivity index (χ2n) is 13.5. The Morgan fingerprint density at radius 3 is 1.35 bits per heavy atom. The average Bonchev–Trinajstić information content (AvgIpc) is 3.74. The third kappa shape index (κ3) is 4.92. The van der Waals surface area contributed by atoms with Crippen molar-refractivity contribution < 1.29 is 8.78 Å². The van der Waals surface area contributed by atoms with Gasteiger partial charge in [-0.2, -0.15) is 5.26 Å². The van der Waals surface area contributed by atoms with Crippen LogP contribution < -0.4 is 0 Å². The molecule has 10 rings (SSSR count). The minimum atomic E-state index is -0.553. The summed E-state index contributed by atoms with van der Waals surface area (Å²) in [5.74, 6) is -1.10. The third-order valence-electron chi connectivity index (χ3n) is 10.5. The average molecular weight is 698 g/mol. The number of halogens is 2. The van der Waals surface area contributed by atoms with Crippen molar-refractivity contribution in [2.24, 2.45) is 0 Å². The first-order valence-corrected chi connectivity index (χ1v) is 17.8. The lowest BCUT2D eigenvalue weighted by Gasteiger charge is -2.19. The van der Waals surface area contributed by atoms with Gasteiger partial charge < -0.3 is 9.13 Å². The van der Waals surface area contributed by atoms with E-state index in [9.17, 15) is 9.65 Å². The minimum absolute atomic E-state index is 0.112. The van der Waals surface area contributed by atoms with Gasteiger partial charge in [-0.15, -0.1) is 0 Å². The molecule has 0 spiro atoms. The molecule has 0 fully saturated rings. The van der Waals surface area contributed by atoms with Crippen molar-refractivity contribution in [3.63, 3.8) is 0 Å². The Kier molecular flexibility index (Phi) is 7.24. The van der Waals surface area contributed by atoms with E-state index in [1.807, 2.05) is 84.9 Å². The zero-order chi connectivity index (χ0) is 36.3. The van der Waals surface area contributed by atoms with Crippen LogP contribution in [0, 0.1) is 23.0 Å². The van der Waals surface area contributed by atoms with Crippen LogP contribution in [-0.4, -0.2) is 9.13 Å². The normalized spacial score (nSPS) is 11.5. The first-order chi connectivity index (χ1) is 26.6. The zero-order valence-electron chi connectivity index (χ0n) is 28.8. The molecule has 10 aromatic rings. The zero-order valence-corrected chi connectivity index (χ0v) is 28.8. The van der Waals surface area contributed by atoms with E-state index in [1.165, 1.54) is 6.07 Å². The molecule has 0 N–H and O–H groups in total. The van der Waals surface area contributed by atoms with Gasteiger partial charge in [0.2, 0.25) is 0 Å². The minimum Gasteiger partial charge on any atom is -0.308 e. The van der Waals surface area contributed by atoms with Crippen LogP contribution in [0.25, 0.3) is 88.4 Å². The highest BCUT2D eigenvalue weighted by Gasteiger charge is 2.23. The van der Waals surface area contributed by atoms with Gasteiger partial charge in [-0.1, -0.05) is 109 Å². The Labute approximate surface area is 309 Å². The van der Waals surface area contributed by atoms with Gasteiger partial charge in [-0.3, -0.25) is 0 Å². The lowest BCUT2D eigenvalue weighted by atomic mass is 9.99. The molecule has 0 atom stereocenters. The standard InChI is InChI=1S/C49H29F2N3/c50-36-21-22-43(51)39(29-36)35-27-48(53-44-17-9-7-15-37(44)40-25-33(19-23-46(40)53)31-11-3-1-4-12-31)42(30-52)49(28-35)54-45-18-10-8-16-38(45)41-26-34(20-24-47(41)54)32-13-5-2-6-14-32/h1-29H. The maximum Gasteiger partial charge on any atom is 0.131 e. The number of aromatic nitrogens is 2. The second kappa shape index (κ2) is 12.4. The van der Waals surface area contributed by atoms with Crippen LogP contribution in [0.4, 0.5) is 8.78 Å². The molecule has 5 heteroatoms. The third-order valence-corrected chi connectivity index (χ3v) is 10.5. The quantitative estimate of drug-likeness (QED) is 0.176. The van der Waals surface area contributed by atoms with Crippen molar-refractivity contribution in [1.29, 1.82) is 5.26 Å². The summed E-state index contributed by atoms with van der Waals surface area (Å²) in [6.45, 7) is 0. The maximum atomic E-state index is 15.8. The fraction of sp³-hybridized carbons (Fsp3) is 0. The summed E-state index contributed by atoms with van der Waals surface area (Å²) in [7, 11) is 0. The number of rotatable bonds is 5. The van der Waals surface area contributed by atoms with E-state index < -0.39 is 11.6 Å². The van der Waals surface area contributed by atoms with Crippen LogP contribution in [0.3, 0.4) is 0 Å². The van der Waals surface area contributed by atoms with Gasteiger partial charge >= 0.3 is 0 Å². The van der Waals surface area contributed by atoms with E-state index in [0.717, 1.165) is 78.0 Å². The van der Waals surface area contributed by atoms with E-state index in [1.54, 1.807) is 0 Å². The lowest BCUT2D eigenvalue weighted by Crippen LogP contribution is -2.05. The van der Waals surface area contributed by atoms with E-state index in [-0.39, 0.29) is 5.56 Å². The predicted octanol–water partition coefficient (Wildman–Crippen LogP) is 13.0. The van der Waals surface area contributed by atoms with Crippen molar-refractivity contribution in [1.82, 2.24) is 9.13 Å². The smallest absolute Gasteiger partial charge is 0.131 e. The van der Waals surface area contributed by atoms with E-state index >= 15 is 4.39 Å². The van der Waals surface area contributed by atoms with Crippen LogP contribution in [0.2, 0.25) is 0 Å². The summed E-state index contributed by atoms with van der Waals surface area (Å²) in [5.41, 5.74) is 10.0. The Morgan fingerprint density at radius 1 is 0.389 bits per heavy atom. The Bertz CT molecular complexity index is 2950. The number of benzene rings is 8. The van der Waals surface area contributed by atoms with Crippen LogP contribution in [0.15, 0.2) is 176 Å². The summed E-state index contributed by atoms with van der Waals surface area (Å²) >= 11 is 0. The number of hydrogen-bond acceptors (Lipinski definition) is 1. The molecule has 0 bridgehead atoms. The maximum absolute atomic E-state index is 15.8. The van der Waals surface area contributed by atoms with Gasteiger partial charge in [-0.05, 0) is 94.5 Å². The molecule has 2 heterocycles. The van der Waals surface area contributed by atoms with E-state index in [4.69, 9.17) is 0 Å². The van der Waals surface area contributed by atoms with E-state index in [2.05, 4.69) is 88.0 Å². The molecule has 8 aromatic carbocycles. The molecule has 0 radical (unpaired) electrons. The molecule has 2 aromatic heterocycles. The molecule has 0 aliphatic heterocycles. The molecule has 54 heavy (non-hydrogen) atoms. The summed E-state index contributed by atoms with van der Waals surface area (Å²) < 4.78 is 34.8. The van der Waals surface area contributed by atoms with Crippen molar-refractivity contribution in [2.45, 2.75) is 0 Å². The van der Waals surface area contributed by atoms with Crippen molar-refractivity contribution in [2.75, 3.05) is 0 Å². The van der Waals surface area contributed by atoms with Gasteiger partial charge in [0.15, 0.2) is 0 Å². The molecule has 0 unspecified atom stereocenters. The second-order valence-corrected chi connectivity index (χ2v) is 13.5. The van der Waals surface area contributed by atoms with Gasteiger partial charge in [0, 0.05) is 27.1 Å². The first kappa shape index (κ1) is 31.4. The van der Waals surface area contributed by atoms with Gasteiger partial charge in [0.1, 0.15) is 23.3 Å². The van der Waals surface area contributed by atoms with E-state index in [0.29, 0.717) is 22.5 Å². The largest absolute Gasteiger partial charge is 0.308 e.